The second-order valence-corrected chi connectivity index (χ2v) is 17.7. The van der Waals surface area contributed by atoms with Crippen molar-refractivity contribution in [3.05, 3.63) is 82.4 Å². The van der Waals surface area contributed by atoms with Gasteiger partial charge in [-0.1, -0.05) is 0 Å². The molecule has 2 saturated heterocycles. The number of fused-ring (bicyclic) bond motifs is 5. The van der Waals surface area contributed by atoms with Crippen molar-refractivity contribution in [3.8, 4) is 69.0 Å². The van der Waals surface area contributed by atoms with Crippen LogP contribution >= 0.6 is 0 Å². The van der Waals surface area contributed by atoms with E-state index in [1.807, 2.05) is 0 Å². The fourth-order valence-corrected chi connectivity index (χ4v) is 11.7. The summed E-state index contributed by atoms with van der Waals surface area (Å²) >= 11 is 0. The first-order valence-corrected chi connectivity index (χ1v) is 20.2. The fraction of sp³-hybridized carbons (Fsp3) is 0.318. The molecule has 4 aliphatic heterocycles. The molecule has 0 aromatic heterocycles. The third-order valence-corrected chi connectivity index (χ3v) is 14.3. The second kappa shape index (κ2) is 12.8. The molecular weight excluding hydrogens is 896 g/mol. The van der Waals surface area contributed by atoms with Crippen LogP contribution in [0.2, 0.25) is 0 Å². The van der Waals surface area contributed by atoms with Crippen molar-refractivity contribution in [3.63, 3.8) is 0 Å². The molecule has 0 spiro atoms. The minimum atomic E-state index is -3.44. The number of rotatable bonds is 6. The number of Topliss-reactive ketones (excluding diaryl/α,β-unsaturated/α-hetero) is 2. The van der Waals surface area contributed by atoms with Gasteiger partial charge in [-0.2, -0.15) is 0 Å². The minimum Gasteiger partial charge on any atom is -0.508 e. The van der Waals surface area contributed by atoms with Gasteiger partial charge in [-0.15, -0.1) is 0 Å². The second-order valence-electron chi connectivity index (χ2n) is 17.7. The summed E-state index contributed by atoms with van der Waals surface area (Å²) in [5, 5.41) is 154. The molecule has 7 aliphatic rings. The maximum atomic E-state index is 15.1. The third kappa shape index (κ3) is 4.84. The lowest BCUT2D eigenvalue weighted by Crippen LogP contribution is -2.78. The molecule has 14 N–H and O–H groups in total. The Hall–Kier alpha value is -7.70. The molecule has 11 rings (SSSR count). The van der Waals surface area contributed by atoms with E-state index in [0.29, 0.717) is 12.1 Å². The Labute approximate surface area is 372 Å². The molecule has 1 unspecified atom stereocenters. The number of aromatic hydroxyl groups is 10. The molecule has 23 heteroatoms. The monoisotopic (exact) mass is 930 g/mol. The number of aliphatic hydroxyl groups is 4. The number of benzene rings is 4. The normalized spacial score (nSPS) is 35.6. The summed E-state index contributed by atoms with van der Waals surface area (Å²) in [7, 11) is 0. The van der Waals surface area contributed by atoms with Crippen LogP contribution in [0.25, 0.3) is 0 Å². The van der Waals surface area contributed by atoms with Gasteiger partial charge in [0.1, 0.15) is 57.9 Å². The average Bonchev–Trinajstić information content (AvgIpc) is 3.65. The number of hydrogen-bond donors (Lipinski definition) is 14. The van der Waals surface area contributed by atoms with E-state index in [1.54, 1.807) is 0 Å². The molecule has 4 bridgehead atoms. The fourth-order valence-electron chi connectivity index (χ4n) is 11.7. The number of phenols is 10. The van der Waals surface area contributed by atoms with Crippen molar-refractivity contribution in [2.45, 2.75) is 65.4 Å². The molecule has 4 fully saturated rings. The van der Waals surface area contributed by atoms with Gasteiger partial charge < -0.3 is 95.2 Å². The lowest BCUT2D eigenvalue weighted by molar-refractivity contribution is -0.324. The predicted molar refractivity (Wildman–Crippen MR) is 209 cm³/mol. The van der Waals surface area contributed by atoms with Gasteiger partial charge in [-0.25, -0.2) is 9.59 Å². The molecule has 4 aromatic rings. The molecule has 12 atom stereocenters. The van der Waals surface area contributed by atoms with Gasteiger partial charge in [0.05, 0.1) is 28.9 Å². The van der Waals surface area contributed by atoms with Crippen molar-refractivity contribution in [1.29, 1.82) is 0 Å². The Morgan fingerprint density at radius 2 is 1.03 bits per heavy atom. The standard InChI is InChI=1S/C44H34O23/c45-14-5-19(47)16-9-27(65-38(57)12-1-21(49)29(53)22(50)2-12)31(63-25(16)7-14)18-11-40(59)33-35(55)41(60)32(18)43(61)34(36(41)56)42(33,67-44(40,43)62)37-28(10-17-20(48)6-15(46)8-26(17)64-37)66-39(58)13-3-23(51)30(54)24(52)4-13/h1-8,11,27-28,31-34,37,45-54,59-62H,9-10H2/t27-,28-,31-,32-,33-,34+,37-,40-,41+,42?,43+,44-/m1/s1. The van der Waals surface area contributed by atoms with Gasteiger partial charge in [0, 0.05) is 48.2 Å². The molecule has 0 amide bonds. The van der Waals surface area contributed by atoms with Gasteiger partial charge >= 0.3 is 11.9 Å². The van der Waals surface area contributed by atoms with Crippen LogP contribution in [0.15, 0.2) is 60.2 Å². The number of hydrogen-bond acceptors (Lipinski definition) is 23. The van der Waals surface area contributed by atoms with Crippen LogP contribution in [0, 0.1) is 17.8 Å². The summed E-state index contributed by atoms with van der Waals surface area (Å²) in [5.41, 5.74) is -14.6. The summed E-state index contributed by atoms with van der Waals surface area (Å²) in [6.45, 7) is 0. The first-order chi connectivity index (χ1) is 31.4. The molecule has 3 aliphatic carbocycles. The number of phenolic OH excluding ortho intramolecular Hbond substituents is 10. The van der Waals surface area contributed by atoms with Crippen LogP contribution in [0.3, 0.4) is 0 Å². The van der Waals surface area contributed by atoms with Crippen LogP contribution in [-0.2, 0) is 36.6 Å². The average molecular weight is 931 g/mol. The Morgan fingerprint density at radius 3 is 1.55 bits per heavy atom. The summed E-state index contributed by atoms with van der Waals surface area (Å²) in [6.07, 6.45) is -8.02. The van der Waals surface area contributed by atoms with E-state index in [9.17, 15) is 85.9 Å². The van der Waals surface area contributed by atoms with Gasteiger partial charge in [0.2, 0.25) is 5.79 Å². The Kier molecular flexibility index (Phi) is 8.02. The van der Waals surface area contributed by atoms with E-state index in [4.69, 9.17) is 23.7 Å². The number of ketones is 2. The highest BCUT2D eigenvalue weighted by Crippen LogP contribution is 2.80. The van der Waals surface area contributed by atoms with E-state index >= 15 is 4.79 Å². The van der Waals surface area contributed by atoms with Crippen LogP contribution < -0.4 is 9.47 Å². The van der Waals surface area contributed by atoms with E-state index < -0.39 is 181 Å². The van der Waals surface area contributed by atoms with E-state index in [0.717, 1.165) is 42.5 Å². The summed E-state index contributed by atoms with van der Waals surface area (Å²) in [6, 6.07) is 6.68. The SMILES string of the molecule is O=C(O[C@@H]1Cc2c(O)cc(O)cc2O[C@@H]1C1=C[C@@]2(O)[C@H]3C(=O)[C@]4(O)C(=O)[C@H]5C3([C@@H]3Oc6cc(O)cc(O)c6C[C@H]3OC(=O)c3cc(O)c(O)c(O)c3)O[C@@]2(O)[C@]5(O)[C@H]14)c1cc(O)c(O)c(O)c1. The first-order valence-electron chi connectivity index (χ1n) is 20.2. The summed E-state index contributed by atoms with van der Waals surface area (Å²) < 4.78 is 30.2. The highest BCUT2D eigenvalue weighted by atomic mass is 16.7. The Balaban J connectivity index is 1.07. The summed E-state index contributed by atoms with van der Waals surface area (Å²) in [5.74, 6) is -25.0. The zero-order chi connectivity index (χ0) is 48.0. The number of carbonyl (C=O) groups is 4. The third-order valence-electron chi connectivity index (χ3n) is 14.3. The largest absolute Gasteiger partial charge is 0.508 e. The molecule has 23 nitrogen and oxygen atoms in total. The predicted octanol–water partition coefficient (Wildman–Crippen LogP) is -0.881. The molecule has 4 aromatic carbocycles. The van der Waals surface area contributed by atoms with Crippen LogP contribution in [0.4, 0.5) is 0 Å². The van der Waals surface area contributed by atoms with Gasteiger partial charge in [0.15, 0.2) is 69.5 Å². The van der Waals surface area contributed by atoms with E-state index in [2.05, 4.69) is 0 Å². The lowest BCUT2D eigenvalue weighted by atomic mass is 9.50. The van der Waals surface area contributed by atoms with Crippen molar-refractivity contribution in [2.24, 2.45) is 17.8 Å². The highest BCUT2D eigenvalue weighted by Gasteiger charge is 3.03. The highest BCUT2D eigenvalue weighted by molar-refractivity contribution is 6.21. The van der Waals surface area contributed by atoms with Crippen LogP contribution in [-0.4, -0.2) is 148 Å². The topological polar surface area (TPSA) is 398 Å². The molecule has 4 heterocycles. The van der Waals surface area contributed by atoms with Crippen molar-refractivity contribution in [2.75, 3.05) is 0 Å². The zero-order valence-electron chi connectivity index (χ0n) is 33.6. The number of ether oxygens (including phenoxy) is 5. The van der Waals surface area contributed by atoms with Crippen LogP contribution in [0.1, 0.15) is 31.8 Å². The smallest absolute Gasteiger partial charge is 0.338 e. The lowest BCUT2D eigenvalue weighted by Gasteiger charge is -2.55. The summed E-state index contributed by atoms with van der Waals surface area (Å²) in [4.78, 5) is 57.6. The maximum Gasteiger partial charge on any atom is 0.338 e. The van der Waals surface area contributed by atoms with Crippen molar-refractivity contribution >= 4 is 23.5 Å². The molecular formula is C44H34O23. The van der Waals surface area contributed by atoms with Gasteiger partial charge in [0.25, 0.3) is 0 Å². The first kappa shape index (κ1) is 42.0. The molecule has 67 heavy (non-hydrogen) atoms. The van der Waals surface area contributed by atoms with Crippen molar-refractivity contribution < 1.29 is 114 Å². The Morgan fingerprint density at radius 1 is 0.567 bits per heavy atom. The van der Waals surface area contributed by atoms with Crippen LogP contribution in [0.5, 0.6) is 69.0 Å². The van der Waals surface area contributed by atoms with E-state index in [-0.39, 0.29) is 22.6 Å². The zero-order valence-corrected chi connectivity index (χ0v) is 33.6. The minimum absolute atomic E-state index is 0.0926. The van der Waals surface area contributed by atoms with E-state index in [1.165, 1.54) is 0 Å². The number of esters is 2. The number of carbonyl (C=O) groups excluding carboxylic acids is 4. The quantitative estimate of drug-likeness (QED) is 0.0483. The maximum absolute atomic E-state index is 15.1. The van der Waals surface area contributed by atoms with Gasteiger partial charge in [-0.3, -0.25) is 9.59 Å². The molecule has 0 radical (unpaired) electrons. The van der Waals surface area contributed by atoms with Gasteiger partial charge in [-0.05, 0) is 35.9 Å². The molecule has 348 valence electrons. The Bertz CT molecular complexity index is 2990. The van der Waals surface area contributed by atoms with Crippen molar-refractivity contribution in [1.82, 2.24) is 0 Å². The molecule has 2 saturated carbocycles.